The molecule has 1 saturated carbocycles. The quantitative estimate of drug-likeness (QED) is 0.637. The van der Waals surface area contributed by atoms with E-state index in [0.717, 1.165) is 31.7 Å². The lowest BCUT2D eigenvalue weighted by molar-refractivity contribution is -0.138. The van der Waals surface area contributed by atoms with Crippen LogP contribution in [-0.2, 0) is 15.8 Å². The lowest BCUT2D eigenvalue weighted by atomic mass is 9.78. The average Bonchev–Trinajstić information content (AvgIpc) is 3.11. The summed E-state index contributed by atoms with van der Waals surface area (Å²) < 4.78 is 40.1. The highest BCUT2D eigenvalue weighted by atomic mass is 19.4. The first-order chi connectivity index (χ1) is 16.7. The van der Waals surface area contributed by atoms with Gasteiger partial charge in [-0.3, -0.25) is 9.59 Å². The van der Waals surface area contributed by atoms with Gasteiger partial charge < -0.3 is 15.5 Å². The molecular weight excluding hydrogens is 457 g/mol. The van der Waals surface area contributed by atoms with Crippen molar-refractivity contribution >= 4 is 17.5 Å². The van der Waals surface area contributed by atoms with E-state index >= 15 is 0 Å². The average molecular weight is 491 g/mol. The Kier molecular flexibility index (Phi) is 7.58. The number of likely N-dealkylation sites (tertiary alicyclic amines) is 1. The van der Waals surface area contributed by atoms with Crippen LogP contribution in [0, 0.1) is 35.0 Å². The Hall–Kier alpha value is -2.76. The summed E-state index contributed by atoms with van der Waals surface area (Å²) in [4.78, 5) is 29.2. The Balaban J connectivity index is 1.42. The zero-order valence-electron chi connectivity index (χ0n) is 19.9. The number of rotatable bonds is 4. The smallest absolute Gasteiger partial charge is 0.372 e. The lowest BCUT2D eigenvalue weighted by Gasteiger charge is -2.37. The van der Waals surface area contributed by atoms with Crippen LogP contribution in [0.3, 0.4) is 0 Å². The Morgan fingerprint density at radius 3 is 2.23 bits per heavy atom. The molecule has 9 heteroatoms. The van der Waals surface area contributed by atoms with E-state index in [1.807, 2.05) is 9.80 Å². The maximum atomic E-state index is 13.4. The summed E-state index contributed by atoms with van der Waals surface area (Å²) in [5, 5.41) is 9.04. The number of hydrogen-bond acceptors (Lipinski definition) is 4. The molecule has 190 valence electrons. The number of alkyl halides is 3. The normalized spacial score (nSPS) is 24.7. The van der Waals surface area contributed by atoms with Gasteiger partial charge in [-0.15, -0.1) is 0 Å². The van der Waals surface area contributed by atoms with Gasteiger partial charge in [-0.1, -0.05) is 25.7 Å². The second kappa shape index (κ2) is 10.5. The molecule has 1 aromatic rings. The third kappa shape index (κ3) is 5.57. The molecule has 1 aliphatic carbocycles. The molecule has 0 radical (unpaired) electrons. The standard InChI is InChI=1S/C26H33F3N4O2/c27-26(28,29)23-13-20(8-7-19(23)14-30)32-11-9-17(10-12-32)21-15-33(16-22(21)24(31)34)25(35)18-5-3-1-2-4-6-18/h7-8,13,17-18,21-22H,1-6,9-12,15-16H2,(H2,31,34)/t21-,22+/m0/s1. The zero-order valence-corrected chi connectivity index (χ0v) is 19.9. The molecule has 2 atom stereocenters. The minimum absolute atomic E-state index is 0.0175. The minimum Gasteiger partial charge on any atom is -0.372 e. The number of carbonyl (C=O) groups excluding carboxylic acids is 2. The number of carbonyl (C=O) groups is 2. The highest BCUT2D eigenvalue weighted by Gasteiger charge is 2.44. The monoisotopic (exact) mass is 490 g/mol. The molecule has 0 unspecified atom stereocenters. The highest BCUT2D eigenvalue weighted by molar-refractivity contribution is 5.82. The Labute approximate surface area is 204 Å². The molecule has 2 amide bonds. The van der Waals surface area contributed by atoms with E-state index in [1.54, 1.807) is 12.1 Å². The van der Waals surface area contributed by atoms with E-state index in [-0.39, 0.29) is 41.0 Å². The van der Waals surface area contributed by atoms with Gasteiger partial charge in [-0.25, -0.2) is 0 Å². The summed E-state index contributed by atoms with van der Waals surface area (Å²) in [6.07, 6.45) is 3.10. The van der Waals surface area contributed by atoms with E-state index < -0.39 is 11.7 Å². The summed E-state index contributed by atoms with van der Waals surface area (Å²) in [5.74, 6) is -0.419. The fourth-order valence-corrected chi connectivity index (χ4v) is 6.22. The maximum Gasteiger partial charge on any atom is 0.417 e. The predicted molar refractivity (Wildman–Crippen MR) is 125 cm³/mol. The van der Waals surface area contributed by atoms with Gasteiger partial charge in [0.1, 0.15) is 0 Å². The molecule has 2 heterocycles. The second-order valence-corrected chi connectivity index (χ2v) is 10.3. The number of nitrogens with two attached hydrogens (primary N) is 1. The number of benzene rings is 1. The van der Waals surface area contributed by atoms with Crippen molar-refractivity contribution in [3.05, 3.63) is 29.3 Å². The van der Waals surface area contributed by atoms with Gasteiger partial charge in [0.2, 0.25) is 11.8 Å². The van der Waals surface area contributed by atoms with Gasteiger partial charge in [-0.05, 0) is 55.7 Å². The van der Waals surface area contributed by atoms with Crippen LogP contribution in [0.15, 0.2) is 18.2 Å². The summed E-state index contributed by atoms with van der Waals surface area (Å²) in [5.41, 5.74) is 4.88. The number of piperidine rings is 1. The largest absolute Gasteiger partial charge is 0.417 e. The van der Waals surface area contributed by atoms with Crippen LogP contribution in [0.1, 0.15) is 62.5 Å². The maximum absolute atomic E-state index is 13.4. The molecular formula is C26H33F3N4O2. The molecule has 3 fully saturated rings. The molecule has 3 aliphatic rings. The van der Waals surface area contributed by atoms with Crippen molar-refractivity contribution in [2.45, 2.75) is 57.5 Å². The van der Waals surface area contributed by atoms with E-state index in [4.69, 9.17) is 11.0 Å². The second-order valence-electron chi connectivity index (χ2n) is 10.3. The van der Waals surface area contributed by atoms with Gasteiger partial charge in [0.25, 0.3) is 0 Å². The minimum atomic E-state index is -4.59. The number of primary amides is 1. The molecule has 1 aromatic carbocycles. The Morgan fingerprint density at radius 2 is 1.66 bits per heavy atom. The van der Waals surface area contributed by atoms with Crippen molar-refractivity contribution < 1.29 is 22.8 Å². The number of nitrogens with zero attached hydrogens (tertiary/aromatic N) is 3. The first kappa shape index (κ1) is 25.3. The Bertz CT molecular complexity index is 974. The van der Waals surface area contributed by atoms with Crippen LogP contribution in [-0.4, -0.2) is 42.9 Å². The van der Waals surface area contributed by atoms with Crippen LogP contribution in [0.25, 0.3) is 0 Å². The van der Waals surface area contributed by atoms with Crippen LogP contribution in [0.2, 0.25) is 0 Å². The van der Waals surface area contributed by atoms with Crippen molar-refractivity contribution in [1.82, 2.24) is 4.90 Å². The van der Waals surface area contributed by atoms with Crippen LogP contribution in [0.5, 0.6) is 0 Å². The topological polar surface area (TPSA) is 90.4 Å². The molecule has 2 saturated heterocycles. The van der Waals surface area contributed by atoms with Crippen LogP contribution < -0.4 is 10.6 Å². The molecule has 35 heavy (non-hydrogen) atoms. The van der Waals surface area contributed by atoms with Crippen molar-refractivity contribution in [3.63, 3.8) is 0 Å². The molecule has 0 aromatic heterocycles. The molecule has 0 spiro atoms. The summed E-state index contributed by atoms with van der Waals surface area (Å²) in [6.45, 7) is 2.00. The van der Waals surface area contributed by atoms with Gasteiger partial charge in [0.15, 0.2) is 0 Å². The molecule has 2 N–H and O–H groups in total. The van der Waals surface area contributed by atoms with E-state index in [0.29, 0.717) is 44.7 Å². The number of nitriles is 1. The number of halogens is 3. The molecule has 0 bridgehead atoms. The van der Waals surface area contributed by atoms with Crippen molar-refractivity contribution in [2.75, 3.05) is 31.1 Å². The first-order valence-electron chi connectivity index (χ1n) is 12.6. The summed E-state index contributed by atoms with van der Waals surface area (Å²) in [6, 6.07) is 5.45. The Morgan fingerprint density at radius 1 is 1.00 bits per heavy atom. The zero-order chi connectivity index (χ0) is 25.2. The summed E-state index contributed by atoms with van der Waals surface area (Å²) in [7, 11) is 0. The van der Waals surface area contributed by atoms with Gasteiger partial charge in [0.05, 0.1) is 23.1 Å². The predicted octanol–water partition coefficient (Wildman–Crippen LogP) is 4.32. The van der Waals surface area contributed by atoms with E-state index in [2.05, 4.69) is 0 Å². The van der Waals surface area contributed by atoms with Crippen LogP contribution >= 0.6 is 0 Å². The van der Waals surface area contributed by atoms with Crippen LogP contribution in [0.4, 0.5) is 18.9 Å². The lowest BCUT2D eigenvalue weighted by Crippen LogP contribution is -2.40. The van der Waals surface area contributed by atoms with E-state index in [1.165, 1.54) is 18.9 Å². The third-order valence-corrected chi connectivity index (χ3v) is 8.19. The van der Waals surface area contributed by atoms with Crippen molar-refractivity contribution in [1.29, 1.82) is 5.26 Å². The van der Waals surface area contributed by atoms with Crippen molar-refractivity contribution in [2.24, 2.45) is 29.4 Å². The van der Waals surface area contributed by atoms with E-state index in [9.17, 15) is 22.8 Å². The van der Waals surface area contributed by atoms with Gasteiger partial charge >= 0.3 is 6.18 Å². The fourth-order valence-electron chi connectivity index (χ4n) is 6.22. The molecule has 4 rings (SSSR count). The number of hydrogen-bond donors (Lipinski definition) is 1. The highest BCUT2D eigenvalue weighted by Crippen LogP contribution is 2.39. The number of amides is 2. The molecule has 6 nitrogen and oxygen atoms in total. The molecule has 2 aliphatic heterocycles. The number of anilines is 1. The van der Waals surface area contributed by atoms with Gasteiger partial charge in [-0.2, -0.15) is 18.4 Å². The SMILES string of the molecule is N#Cc1ccc(N2CCC([C@@H]3CN(C(=O)C4CCCCCC4)C[C@H]3C(N)=O)CC2)cc1C(F)(F)F. The fraction of sp³-hybridized carbons (Fsp3) is 0.654. The van der Waals surface area contributed by atoms with Crippen molar-refractivity contribution in [3.8, 4) is 6.07 Å². The third-order valence-electron chi connectivity index (χ3n) is 8.19. The van der Waals surface area contributed by atoms with Gasteiger partial charge in [0, 0.05) is 37.8 Å². The summed E-state index contributed by atoms with van der Waals surface area (Å²) >= 11 is 0. The first-order valence-corrected chi connectivity index (χ1v) is 12.6.